The predicted octanol–water partition coefficient (Wildman–Crippen LogP) is 3.62. The summed E-state index contributed by atoms with van der Waals surface area (Å²) < 4.78 is 5.24. The van der Waals surface area contributed by atoms with Crippen molar-refractivity contribution in [3.05, 3.63) is 57.0 Å². The lowest BCUT2D eigenvalue weighted by Crippen LogP contribution is -2.40. The quantitative estimate of drug-likeness (QED) is 0.577. The van der Waals surface area contributed by atoms with E-state index in [-0.39, 0.29) is 17.0 Å². The molecule has 0 radical (unpaired) electrons. The standard InChI is InChI=1S/C19H23N3O4S/c1-26-15-7-5-14(6-8-15)16(21-11-3-2-4-12-21)13-20-19(23)17-9-10-18(27-17)22(24)25/h5-10,16H,2-4,11-13H2,1H3,(H,20,23)/t16-/m0/s1. The van der Waals surface area contributed by atoms with Crippen molar-refractivity contribution >= 4 is 22.2 Å². The molecule has 0 saturated carbocycles. The fourth-order valence-electron chi connectivity index (χ4n) is 3.34. The Balaban J connectivity index is 1.71. The molecule has 1 saturated heterocycles. The first-order chi connectivity index (χ1) is 13.1. The number of likely N-dealkylation sites (tertiary alicyclic amines) is 1. The van der Waals surface area contributed by atoms with Gasteiger partial charge >= 0.3 is 5.00 Å². The number of piperidine rings is 1. The van der Waals surface area contributed by atoms with Crippen LogP contribution in [0.5, 0.6) is 5.75 Å². The van der Waals surface area contributed by atoms with Gasteiger partial charge < -0.3 is 10.1 Å². The summed E-state index contributed by atoms with van der Waals surface area (Å²) in [5, 5.41) is 13.7. The summed E-state index contributed by atoms with van der Waals surface area (Å²) in [6.45, 7) is 2.45. The van der Waals surface area contributed by atoms with E-state index >= 15 is 0 Å². The molecular weight excluding hydrogens is 366 g/mol. The lowest BCUT2D eigenvalue weighted by atomic mass is 10.0. The van der Waals surface area contributed by atoms with Crippen molar-refractivity contribution < 1.29 is 14.5 Å². The van der Waals surface area contributed by atoms with Crippen molar-refractivity contribution in [3.8, 4) is 5.75 Å². The SMILES string of the molecule is COc1ccc([C@H](CNC(=O)c2ccc([N+](=O)[O-])s2)N2CCCCC2)cc1. The van der Waals surface area contributed by atoms with Crippen LogP contribution in [0.4, 0.5) is 5.00 Å². The molecule has 2 aromatic rings. The molecule has 1 N–H and O–H groups in total. The van der Waals surface area contributed by atoms with Gasteiger partial charge in [-0.05, 0) is 49.7 Å². The van der Waals surface area contributed by atoms with Gasteiger partial charge in [0, 0.05) is 12.6 Å². The Hall–Kier alpha value is -2.45. The molecule has 0 bridgehead atoms. The van der Waals surface area contributed by atoms with Gasteiger partial charge in [0.25, 0.3) is 5.91 Å². The Morgan fingerprint density at radius 1 is 1.22 bits per heavy atom. The number of ether oxygens (including phenoxy) is 1. The van der Waals surface area contributed by atoms with Gasteiger partial charge in [-0.3, -0.25) is 19.8 Å². The van der Waals surface area contributed by atoms with Crippen molar-refractivity contribution in [2.24, 2.45) is 0 Å². The average Bonchev–Trinajstić information content (AvgIpc) is 3.20. The third-order valence-electron chi connectivity index (χ3n) is 4.78. The highest BCUT2D eigenvalue weighted by molar-refractivity contribution is 7.17. The monoisotopic (exact) mass is 389 g/mol. The molecule has 2 heterocycles. The molecule has 1 aromatic heterocycles. The van der Waals surface area contributed by atoms with Crippen molar-refractivity contribution in [2.45, 2.75) is 25.3 Å². The number of carbonyl (C=O) groups is 1. The second-order valence-electron chi connectivity index (χ2n) is 6.49. The lowest BCUT2D eigenvalue weighted by molar-refractivity contribution is -0.380. The van der Waals surface area contributed by atoms with Gasteiger partial charge in [-0.25, -0.2) is 0 Å². The van der Waals surface area contributed by atoms with Crippen LogP contribution in [0.2, 0.25) is 0 Å². The van der Waals surface area contributed by atoms with Gasteiger partial charge in [-0.2, -0.15) is 0 Å². The van der Waals surface area contributed by atoms with Gasteiger partial charge in [-0.15, -0.1) is 0 Å². The Labute approximate surface area is 162 Å². The number of rotatable bonds is 7. The Morgan fingerprint density at radius 3 is 2.52 bits per heavy atom. The molecule has 3 rings (SSSR count). The number of nitrogens with zero attached hydrogens (tertiary/aromatic N) is 2. The smallest absolute Gasteiger partial charge is 0.324 e. The van der Waals surface area contributed by atoms with Crippen LogP contribution in [-0.2, 0) is 0 Å². The number of methoxy groups -OCH3 is 1. The first kappa shape index (κ1) is 19.3. The van der Waals surface area contributed by atoms with Crippen molar-refractivity contribution in [3.63, 3.8) is 0 Å². The fraction of sp³-hybridized carbons (Fsp3) is 0.421. The van der Waals surface area contributed by atoms with Crippen LogP contribution >= 0.6 is 11.3 Å². The molecule has 1 aromatic carbocycles. The van der Waals surface area contributed by atoms with Crippen molar-refractivity contribution in [2.75, 3.05) is 26.7 Å². The zero-order chi connectivity index (χ0) is 19.2. The van der Waals surface area contributed by atoms with Crippen LogP contribution in [0.3, 0.4) is 0 Å². The van der Waals surface area contributed by atoms with E-state index in [2.05, 4.69) is 10.2 Å². The van der Waals surface area contributed by atoms with E-state index in [1.165, 1.54) is 18.6 Å². The third-order valence-corrected chi connectivity index (χ3v) is 5.82. The maximum absolute atomic E-state index is 12.4. The average molecular weight is 389 g/mol. The number of nitro groups is 1. The number of hydrogen-bond donors (Lipinski definition) is 1. The summed E-state index contributed by atoms with van der Waals surface area (Å²) >= 11 is 0.896. The maximum Gasteiger partial charge on any atom is 0.324 e. The minimum absolute atomic E-state index is 0.0251. The fourth-order valence-corrected chi connectivity index (χ4v) is 4.08. The molecule has 0 unspecified atom stereocenters. The molecule has 1 fully saturated rings. The highest BCUT2D eigenvalue weighted by Crippen LogP contribution is 2.27. The summed E-state index contributed by atoms with van der Waals surface area (Å²) in [5.74, 6) is 0.523. The minimum Gasteiger partial charge on any atom is -0.497 e. The van der Waals surface area contributed by atoms with Gasteiger partial charge in [-0.1, -0.05) is 29.9 Å². The number of hydrogen-bond acceptors (Lipinski definition) is 6. The molecule has 1 aliphatic heterocycles. The zero-order valence-corrected chi connectivity index (χ0v) is 16.0. The predicted molar refractivity (Wildman–Crippen MR) is 104 cm³/mol. The number of carbonyl (C=O) groups excluding carboxylic acids is 1. The third kappa shape index (κ3) is 4.84. The molecule has 144 valence electrons. The molecule has 7 nitrogen and oxygen atoms in total. The molecule has 1 atom stereocenters. The Bertz CT molecular complexity index is 785. The van der Waals surface area contributed by atoms with E-state index in [1.807, 2.05) is 24.3 Å². The van der Waals surface area contributed by atoms with Gasteiger partial charge in [0.2, 0.25) is 0 Å². The maximum atomic E-state index is 12.4. The molecule has 8 heteroatoms. The van der Waals surface area contributed by atoms with Gasteiger partial charge in [0.15, 0.2) is 0 Å². The summed E-state index contributed by atoms with van der Waals surface area (Å²) in [4.78, 5) is 25.5. The Morgan fingerprint density at radius 2 is 1.93 bits per heavy atom. The van der Waals surface area contributed by atoms with E-state index in [4.69, 9.17) is 4.74 Å². The minimum atomic E-state index is -0.477. The first-order valence-corrected chi connectivity index (χ1v) is 9.80. The van der Waals surface area contributed by atoms with Gasteiger partial charge in [0.1, 0.15) is 5.75 Å². The van der Waals surface area contributed by atoms with Crippen molar-refractivity contribution in [1.29, 1.82) is 0 Å². The number of amides is 1. The summed E-state index contributed by atoms with van der Waals surface area (Å²) in [7, 11) is 1.64. The lowest BCUT2D eigenvalue weighted by Gasteiger charge is -2.35. The van der Waals surface area contributed by atoms with E-state index in [9.17, 15) is 14.9 Å². The van der Waals surface area contributed by atoms with Gasteiger partial charge in [0.05, 0.1) is 23.0 Å². The zero-order valence-electron chi connectivity index (χ0n) is 15.2. The summed E-state index contributed by atoms with van der Waals surface area (Å²) in [6.07, 6.45) is 3.53. The highest BCUT2D eigenvalue weighted by atomic mass is 32.1. The van der Waals surface area contributed by atoms with E-state index < -0.39 is 4.92 Å². The second kappa shape index (κ2) is 8.96. The number of thiophene rings is 1. The topological polar surface area (TPSA) is 84.7 Å². The van der Waals surface area contributed by atoms with Crippen LogP contribution in [0.1, 0.15) is 40.5 Å². The van der Waals surface area contributed by atoms with E-state index in [0.29, 0.717) is 11.4 Å². The van der Waals surface area contributed by atoms with Crippen molar-refractivity contribution in [1.82, 2.24) is 10.2 Å². The Kier molecular flexibility index (Phi) is 6.41. The van der Waals surface area contributed by atoms with Crippen LogP contribution < -0.4 is 10.1 Å². The molecular formula is C19H23N3O4S. The number of benzene rings is 1. The highest BCUT2D eigenvalue weighted by Gasteiger charge is 2.24. The van der Waals surface area contributed by atoms with Crippen LogP contribution in [0.15, 0.2) is 36.4 Å². The first-order valence-electron chi connectivity index (χ1n) is 8.99. The van der Waals surface area contributed by atoms with E-state index in [0.717, 1.165) is 48.6 Å². The second-order valence-corrected chi connectivity index (χ2v) is 7.55. The molecule has 0 spiro atoms. The van der Waals surface area contributed by atoms with E-state index in [1.54, 1.807) is 7.11 Å². The molecule has 1 aliphatic rings. The van der Waals surface area contributed by atoms with Crippen LogP contribution in [0.25, 0.3) is 0 Å². The van der Waals surface area contributed by atoms with Crippen LogP contribution in [0, 0.1) is 10.1 Å². The summed E-state index contributed by atoms with van der Waals surface area (Å²) in [6, 6.07) is 10.8. The molecule has 1 amide bonds. The normalized spacial score (nSPS) is 15.9. The largest absolute Gasteiger partial charge is 0.497 e. The summed E-state index contributed by atoms with van der Waals surface area (Å²) in [5.41, 5.74) is 1.12. The molecule has 0 aliphatic carbocycles. The molecule has 27 heavy (non-hydrogen) atoms. The number of nitrogens with one attached hydrogen (secondary N) is 1. The van der Waals surface area contributed by atoms with Crippen LogP contribution in [-0.4, -0.2) is 42.5 Å².